The van der Waals surface area contributed by atoms with Gasteiger partial charge in [0.05, 0.1) is 10.7 Å². The van der Waals surface area contributed by atoms with Gasteiger partial charge in [0.25, 0.3) is 0 Å². The predicted octanol–water partition coefficient (Wildman–Crippen LogP) is 4.17. The summed E-state index contributed by atoms with van der Waals surface area (Å²) < 4.78 is 0. The van der Waals surface area contributed by atoms with Crippen LogP contribution in [0.2, 0.25) is 10.0 Å². The van der Waals surface area contributed by atoms with Gasteiger partial charge in [-0.05, 0) is 30.3 Å². The number of benzene rings is 1. The van der Waals surface area contributed by atoms with Crippen molar-refractivity contribution < 1.29 is 0 Å². The molecule has 88 valence electrons. The maximum atomic E-state index is 6.06. The molecule has 0 fully saturated rings. The van der Waals surface area contributed by atoms with Crippen LogP contribution in [0.25, 0.3) is 0 Å². The van der Waals surface area contributed by atoms with Crippen LogP contribution in [-0.2, 0) is 0 Å². The summed E-state index contributed by atoms with van der Waals surface area (Å²) in [5.74, 6) is 1.51. The molecule has 0 radical (unpaired) electrons. The number of hydrogen-bond donors (Lipinski definition) is 2. The first-order valence-electron chi connectivity index (χ1n) is 5.06. The first kappa shape index (κ1) is 12.0. The van der Waals surface area contributed by atoms with Gasteiger partial charge in [-0.3, -0.25) is 0 Å². The Morgan fingerprint density at radius 2 is 1.82 bits per heavy atom. The molecule has 0 aliphatic rings. The summed E-state index contributed by atoms with van der Waals surface area (Å²) in [5.41, 5.74) is 0.775. The van der Waals surface area contributed by atoms with Gasteiger partial charge in [-0.15, -0.1) is 0 Å². The molecule has 0 atom stereocenters. The zero-order valence-corrected chi connectivity index (χ0v) is 10.7. The fraction of sp³-hybridized carbons (Fsp3) is 0.0833. The standard InChI is InChI=1S/C12H11Cl2N3/c1-15-11-3-2-4-12(17-11)16-10-6-5-8(13)7-9(10)14/h2-7H,1H3,(H2,15,16,17). The van der Waals surface area contributed by atoms with Gasteiger partial charge in [0.1, 0.15) is 11.6 Å². The number of anilines is 3. The summed E-state index contributed by atoms with van der Waals surface area (Å²) in [6, 6.07) is 10.9. The SMILES string of the molecule is CNc1cccc(Nc2ccc(Cl)cc2Cl)n1. The Balaban J connectivity index is 2.25. The monoisotopic (exact) mass is 267 g/mol. The molecule has 0 aliphatic heterocycles. The van der Waals surface area contributed by atoms with Crippen LogP contribution >= 0.6 is 23.2 Å². The molecule has 2 aromatic rings. The topological polar surface area (TPSA) is 37.0 Å². The molecule has 0 amide bonds. The Morgan fingerprint density at radius 1 is 1.06 bits per heavy atom. The van der Waals surface area contributed by atoms with Crippen LogP contribution in [0, 0.1) is 0 Å². The first-order chi connectivity index (χ1) is 8.19. The molecule has 2 N–H and O–H groups in total. The largest absolute Gasteiger partial charge is 0.373 e. The zero-order chi connectivity index (χ0) is 12.3. The van der Waals surface area contributed by atoms with Crippen molar-refractivity contribution in [3.63, 3.8) is 0 Å². The maximum Gasteiger partial charge on any atom is 0.132 e. The lowest BCUT2D eigenvalue weighted by Crippen LogP contribution is -1.97. The second-order valence-electron chi connectivity index (χ2n) is 3.41. The number of pyridine rings is 1. The Kier molecular flexibility index (Phi) is 3.71. The van der Waals surface area contributed by atoms with E-state index >= 15 is 0 Å². The van der Waals surface area contributed by atoms with E-state index < -0.39 is 0 Å². The Bertz CT molecular complexity index is 529. The van der Waals surface area contributed by atoms with E-state index in [0.717, 1.165) is 17.3 Å². The summed E-state index contributed by atoms with van der Waals surface area (Å²) >= 11 is 11.9. The number of hydrogen-bond acceptors (Lipinski definition) is 3. The number of rotatable bonds is 3. The van der Waals surface area contributed by atoms with Gasteiger partial charge in [0, 0.05) is 12.1 Å². The van der Waals surface area contributed by atoms with Gasteiger partial charge < -0.3 is 10.6 Å². The van der Waals surface area contributed by atoms with E-state index in [-0.39, 0.29) is 0 Å². The Hall–Kier alpha value is -1.45. The molecular weight excluding hydrogens is 257 g/mol. The molecule has 1 aromatic heterocycles. The van der Waals surface area contributed by atoms with Gasteiger partial charge in [0.15, 0.2) is 0 Å². The zero-order valence-electron chi connectivity index (χ0n) is 9.17. The van der Waals surface area contributed by atoms with Gasteiger partial charge in [-0.1, -0.05) is 29.3 Å². The van der Waals surface area contributed by atoms with Crippen LogP contribution in [0.5, 0.6) is 0 Å². The van der Waals surface area contributed by atoms with E-state index in [1.54, 1.807) is 12.1 Å². The number of nitrogens with one attached hydrogen (secondary N) is 2. The van der Waals surface area contributed by atoms with Crippen molar-refractivity contribution in [1.82, 2.24) is 4.98 Å². The second-order valence-corrected chi connectivity index (χ2v) is 4.25. The third-order valence-corrected chi connectivity index (χ3v) is 2.75. The summed E-state index contributed by atoms with van der Waals surface area (Å²) in [4.78, 5) is 4.34. The van der Waals surface area contributed by atoms with Crippen LogP contribution in [-0.4, -0.2) is 12.0 Å². The maximum absolute atomic E-state index is 6.06. The minimum absolute atomic E-state index is 0.564. The van der Waals surface area contributed by atoms with Crippen molar-refractivity contribution in [1.29, 1.82) is 0 Å². The molecule has 1 aromatic carbocycles. The second kappa shape index (κ2) is 5.25. The van der Waals surface area contributed by atoms with E-state index in [1.165, 1.54) is 0 Å². The highest BCUT2D eigenvalue weighted by atomic mass is 35.5. The smallest absolute Gasteiger partial charge is 0.132 e. The van der Waals surface area contributed by atoms with Gasteiger partial charge in [-0.2, -0.15) is 0 Å². The summed E-state index contributed by atoms with van der Waals surface area (Å²) in [7, 11) is 1.82. The van der Waals surface area contributed by atoms with Gasteiger partial charge >= 0.3 is 0 Å². The van der Waals surface area contributed by atoms with E-state index in [2.05, 4.69) is 15.6 Å². The normalized spacial score (nSPS) is 10.1. The lowest BCUT2D eigenvalue weighted by molar-refractivity contribution is 1.28. The van der Waals surface area contributed by atoms with Crippen molar-refractivity contribution in [3.8, 4) is 0 Å². The molecule has 0 spiro atoms. The molecule has 2 rings (SSSR count). The molecular formula is C12H11Cl2N3. The summed E-state index contributed by atoms with van der Waals surface area (Å²) in [6.07, 6.45) is 0. The molecule has 0 unspecified atom stereocenters. The lowest BCUT2D eigenvalue weighted by Gasteiger charge is -2.09. The quantitative estimate of drug-likeness (QED) is 0.877. The molecule has 0 saturated heterocycles. The fourth-order valence-corrected chi connectivity index (χ4v) is 1.83. The van der Waals surface area contributed by atoms with Crippen molar-refractivity contribution in [2.24, 2.45) is 0 Å². The number of nitrogens with zero attached hydrogens (tertiary/aromatic N) is 1. The highest BCUT2D eigenvalue weighted by Gasteiger charge is 2.02. The lowest BCUT2D eigenvalue weighted by atomic mass is 10.3. The van der Waals surface area contributed by atoms with Crippen molar-refractivity contribution in [2.45, 2.75) is 0 Å². The van der Waals surface area contributed by atoms with Crippen LogP contribution in [0.15, 0.2) is 36.4 Å². The Morgan fingerprint density at radius 3 is 2.53 bits per heavy atom. The van der Waals surface area contributed by atoms with Gasteiger partial charge in [-0.25, -0.2) is 4.98 Å². The number of aromatic nitrogens is 1. The van der Waals surface area contributed by atoms with Crippen LogP contribution in [0.1, 0.15) is 0 Å². The van der Waals surface area contributed by atoms with E-state index in [4.69, 9.17) is 23.2 Å². The molecule has 0 bridgehead atoms. The molecule has 3 nitrogen and oxygen atoms in total. The fourth-order valence-electron chi connectivity index (χ4n) is 1.37. The highest BCUT2D eigenvalue weighted by molar-refractivity contribution is 6.36. The Labute approximate surface area is 110 Å². The van der Waals surface area contributed by atoms with Crippen LogP contribution in [0.4, 0.5) is 17.3 Å². The van der Waals surface area contributed by atoms with Crippen LogP contribution < -0.4 is 10.6 Å². The van der Waals surface area contributed by atoms with Crippen molar-refractivity contribution >= 4 is 40.5 Å². The third-order valence-electron chi connectivity index (χ3n) is 2.20. The number of halogens is 2. The molecule has 0 saturated carbocycles. The molecule has 0 aliphatic carbocycles. The van der Waals surface area contributed by atoms with E-state index in [0.29, 0.717) is 10.0 Å². The average molecular weight is 268 g/mol. The minimum atomic E-state index is 0.564. The molecule has 1 heterocycles. The first-order valence-corrected chi connectivity index (χ1v) is 5.81. The van der Waals surface area contributed by atoms with Crippen molar-refractivity contribution in [2.75, 3.05) is 17.7 Å². The summed E-state index contributed by atoms with van der Waals surface area (Å²) in [6.45, 7) is 0. The predicted molar refractivity (Wildman–Crippen MR) is 73.5 cm³/mol. The highest BCUT2D eigenvalue weighted by Crippen LogP contribution is 2.27. The van der Waals surface area contributed by atoms with E-state index in [1.807, 2.05) is 31.3 Å². The molecule has 17 heavy (non-hydrogen) atoms. The van der Waals surface area contributed by atoms with E-state index in [9.17, 15) is 0 Å². The molecule has 5 heteroatoms. The third kappa shape index (κ3) is 3.02. The van der Waals surface area contributed by atoms with Crippen LogP contribution in [0.3, 0.4) is 0 Å². The average Bonchev–Trinajstić information content (AvgIpc) is 2.33. The minimum Gasteiger partial charge on any atom is -0.373 e. The van der Waals surface area contributed by atoms with Gasteiger partial charge in [0.2, 0.25) is 0 Å². The summed E-state index contributed by atoms with van der Waals surface area (Å²) in [5, 5.41) is 7.28. The van der Waals surface area contributed by atoms with Crippen molar-refractivity contribution in [3.05, 3.63) is 46.4 Å².